The Balaban J connectivity index is 1.72. The molecule has 1 aliphatic rings. The standard InChI is InChI=1S/C31H32F2N4O2/c1-18-16-35-36(4)29(18)20-13-27-28(34-17-20)23-7-5-21(31(2,3)38)14-26(23)37(27)30(19-9-11-39-12-10-19)24-15-22(32)6-8-25(24)33/h5-8,13-17,19,30,38H,9-12H2,1-4H3. The fraction of sp³-hybridized carbons (Fsp3) is 0.355. The van der Waals surface area contributed by atoms with Gasteiger partial charge in [-0.25, -0.2) is 8.78 Å². The van der Waals surface area contributed by atoms with Crippen molar-refractivity contribution in [1.29, 1.82) is 0 Å². The highest BCUT2D eigenvalue weighted by Crippen LogP contribution is 2.43. The molecule has 8 heteroatoms. The van der Waals surface area contributed by atoms with Gasteiger partial charge in [0.1, 0.15) is 11.6 Å². The van der Waals surface area contributed by atoms with Crippen LogP contribution in [0, 0.1) is 24.5 Å². The molecule has 0 radical (unpaired) electrons. The summed E-state index contributed by atoms with van der Waals surface area (Å²) in [6.07, 6.45) is 5.08. The number of ether oxygens (including phenoxy) is 1. The molecule has 3 aromatic heterocycles. The van der Waals surface area contributed by atoms with Gasteiger partial charge in [-0.05, 0) is 81.0 Å². The van der Waals surface area contributed by atoms with Crippen LogP contribution in [0.1, 0.15) is 49.4 Å². The number of fused-ring (bicyclic) bond motifs is 3. The van der Waals surface area contributed by atoms with Crippen LogP contribution in [0.2, 0.25) is 0 Å². The van der Waals surface area contributed by atoms with Gasteiger partial charge in [-0.15, -0.1) is 0 Å². The Kier molecular flexibility index (Phi) is 6.27. The molecular weight excluding hydrogens is 498 g/mol. The maximum atomic E-state index is 15.6. The summed E-state index contributed by atoms with van der Waals surface area (Å²) >= 11 is 0. The smallest absolute Gasteiger partial charge is 0.128 e. The van der Waals surface area contributed by atoms with Gasteiger partial charge in [0.2, 0.25) is 0 Å². The average molecular weight is 531 g/mol. The highest BCUT2D eigenvalue weighted by atomic mass is 19.1. The van der Waals surface area contributed by atoms with Gasteiger partial charge in [0.05, 0.1) is 40.1 Å². The van der Waals surface area contributed by atoms with Crippen LogP contribution in [-0.4, -0.2) is 37.7 Å². The molecule has 1 atom stereocenters. The van der Waals surface area contributed by atoms with E-state index in [0.717, 1.165) is 50.4 Å². The highest BCUT2D eigenvalue weighted by molar-refractivity contribution is 6.07. The Morgan fingerprint density at radius 1 is 1.03 bits per heavy atom. The zero-order valence-corrected chi connectivity index (χ0v) is 22.6. The van der Waals surface area contributed by atoms with Gasteiger partial charge in [-0.2, -0.15) is 5.10 Å². The van der Waals surface area contributed by atoms with Crippen LogP contribution in [0.5, 0.6) is 0 Å². The predicted molar refractivity (Wildman–Crippen MR) is 147 cm³/mol. The topological polar surface area (TPSA) is 65.1 Å². The van der Waals surface area contributed by atoms with Crippen molar-refractivity contribution in [2.24, 2.45) is 13.0 Å². The zero-order chi connectivity index (χ0) is 27.5. The van der Waals surface area contributed by atoms with E-state index in [1.807, 2.05) is 49.2 Å². The van der Waals surface area contributed by atoms with Crippen molar-refractivity contribution in [3.05, 3.63) is 83.2 Å². The average Bonchev–Trinajstić information content (AvgIpc) is 3.42. The second-order valence-corrected chi connectivity index (χ2v) is 11.1. The summed E-state index contributed by atoms with van der Waals surface area (Å²) in [5.41, 5.74) is 5.19. The predicted octanol–water partition coefficient (Wildman–Crippen LogP) is 6.42. The Labute approximate surface area is 225 Å². The van der Waals surface area contributed by atoms with Crippen molar-refractivity contribution in [2.45, 2.75) is 45.3 Å². The Bertz CT molecular complexity index is 1670. The maximum Gasteiger partial charge on any atom is 0.128 e. The lowest BCUT2D eigenvalue weighted by Gasteiger charge is -2.33. The SMILES string of the molecule is Cc1cnn(C)c1-c1cnc2c3ccc(C(C)(C)O)cc3n(C(c3cc(F)ccc3F)C3CCOCC3)c2c1. The first kappa shape index (κ1) is 25.6. The minimum Gasteiger partial charge on any atom is -0.386 e. The first-order valence-corrected chi connectivity index (χ1v) is 13.3. The van der Waals surface area contributed by atoms with Gasteiger partial charge < -0.3 is 14.4 Å². The Morgan fingerprint density at radius 2 is 1.79 bits per heavy atom. The summed E-state index contributed by atoms with van der Waals surface area (Å²) in [6, 6.07) is 11.1. The van der Waals surface area contributed by atoms with Gasteiger partial charge in [-0.1, -0.05) is 12.1 Å². The van der Waals surface area contributed by atoms with Crippen LogP contribution in [0.3, 0.4) is 0 Å². The van der Waals surface area contributed by atoms with Gasteiger partial charge in [0, 0.05) is 43.0 Å². The van der Waals surface area contributed by atoms with Crippen LogP contribution in [0.25, 0.3) is 33.2 Å². The van der Waals surface area contributed by atoms with E-state index in [4.69, 9.17) is 9.72 Å². The Hall–Kier alpha value is -3.62. The van der Waals surface area contributed by atoms with E-state index >= 15 is 4.39 Å². The molecular formula is C31H32F2N4O2. The summed E-state index contributed by atoms with van der Waals surface area (Å²) in [4.78, 5) is 4.90. The molecule has 0 saturated carbocycles. The minimum absolute atomic E-state index is 0.00161. The summed E-state index contributed by atoms with van der Waals surface area (Å²) in [7, 11) is 1.89. The number of halogens is 2. The molecule has 1 saturated heterocycles. The van der Waals surface area contributed by atoms with E-state index in [9.17, 15) is 9.50 Å². The number of hydrogen-bond donors (Lipinski definition) is 1. The zero-order valence-electron chi connectivity index (χ0n) is 22.6. The molecule has 0 bridgehead atoms. The van der Waals surface area contributed by atoms with Crippen LogP contribution in [-0.2, 0) is 17.4 Å². The lowest BCUT2D eigenvalue weighted by Crippen LogP contribution is -2.28. The third-order valence-corrected chi connectivity index (χ3v) is 8.01. The van der Waals surface area contributed by atoms with E-state index in [-0.39, 0.29) is 5.92 Å². The van der Waals surface area contributed by atoms with Gasteiger partial charge in [0.15, 0.2) is 0 Å². The summed E-state index contributed by atoms with van der Waals surface area (Å²) < 4.78 is 39.8. The fourth-order valence-corrected chi connectivity index (χ4v) is 6.05. The third-order valence-electron chi connectivity index (χ3n) is 8.01. The Morgan fingerprint density at radius 3 is 2.49 bits per heavy atom. The summed E-state index contributed by atoms with van der Waals surface area (Å²) in [5, 5.41) is 16.2. The second kappa shape index (κ2) is 9.54. The number of rotatable bonds is 5. The molecule has 0 aliphatic carbocycles. The number of hydrogen-bond acceptors (Lipinski definition) is 4. The molecule has 0 amide bonds. The van der Waals surface area contributed by atoms with E-state index < -0.39 is 23.3 Å². The largest absolute Gasteiger partial charge is 0.386 e. The van der Waals surface area contributed by atoms with Crippen molar-refractivity contribution in [3.63, 3.8) is 0 Å². The molecule has 4 heterocycles. The molecule has 1 fully saturated rings. The van der Waals surface area contributed by atoms with Crippen molar-refractivity contribution in [1.82, 2.24) is 19.3 Å². The molecule has 6 rings (SSSR count). The van der Waals surface area contributed by atoms with E-state index in [0.29, 0.717) is 31.6 Å². The molecule has 202 valence electrons. The number of aromatic nitrogens is 4. The molecule has 1 aliphatic heterocycles. The normalized spacial score (nSPS) is 15.9. The van der Waals surface area contributed by atoms with Crippen LogP contribution in [0.15, 0.2) is 54.9 Å². The molecule has 2 aromatic carbocycles. The minimum atomic E-state index is -1.09. The molecule has 5 aromatic rings. The van der Waals surface area contributed by atoms with Gasteiger partial charge >= 0.3 is 0 Å². The van der Waals surface area contributed by atoms with Crippen molar-refractivity contribution in [3.8, 4) is 11.3 Å². The molecule has 1 unspecified atom stereocenters. The fourth-order valence-electron chi connectivity index (χ4n) is 6.05. The van der Waals surface area contributed by atoms with E-state index in [2.05, 4.69) is 15.7 Å². The van der Waals surface area contributed by atoms with Crippen molar-refractivity contribution in [2.75, 3.05) is 13.2 Å². The number of nitrogens with zero attached hydrogens (tertiary/aromatic N) is 4. The first-order valence-electron chi connectivity index (χ1n) is 13.3. The number of pyridine rings is 1. The molecule has 6 nitrogen and oxygen atoms in total. The number of benzene rings is 2. The first-order chi connectivity index (χ1) is 18.6. The van der Waals surface area contributed by atoms with E-state index in [1.165, 1.54) is 12.1 Å². The number of aryl methyl sites for hydroxylation is 2. The molecule has 1 N–H and O–H groups in total. The summed E-state index contributed by atoms with van der Waals surface area (Å²) in [5.74, 6) is -0.930. The monoisotopic (exact) mass is 530 g/mol. The lowest BCUT2D eigenvalue weighted by atomic mass is 9.86. The van der Waals surface area contributed by atoms with Crippen LogP contribution < -0.4 is 0 Å². The van der Waals surface area contributed by atoms with Gasteiger partial charge in [0.25, 0.3) is 0 Å². The van der Waals surface area contributed by atoms with Crippen molar-refractivity contribution >= 4 is 21.9 Å². The quantitative estimate of drug-likeness (QED) is 0.285. The van der Waals surface area contributed by atoms with Crippen LogP contribution in [0.4, 0.5) is 8.78 Å². The number of aliphatic hydroxyl groups is 1. The third kappa shape index (κ3) is 4.41. The molecule has 39 heavy (non-hydrogen) atoms. The lowest BCUT2D eigenvalue weighted by molar-refractivity contribution is 0.0548. The summed E-state index contributed by atoms with van der Waals surface area (Å²) in [6.45, 7) is 6.60. The van der Waals surface area contributed by atoms with Crippen LogP contribution >= 0.6 is 0 Å². The maximum absolute atomic E-state index is 15.6. The molecule has 0 spiro atoms. The highest BCUT2D eigenvalue weighted by Gasteiger charge is 2.33. The second-order valence-electron chi connectivity index (χ2n) is 11.1. The van der Waals surface area contributed by atoms with E-state index in [1.54, 1.807) is 13.8 Å². The van der Waals surface area contributed by atoms with Gasteiger partial charge in [-0.3, -0.25) is 9.67 Å². The van der Waals surface area contributed by atoms with Crippen molar-refractivity contribution < 1.29 is 18.6 Å².